The summed E-state index contributed by atoms with van der Waals surface area (Å²) in [4.78, 5) is 12.2. The highest BCUT2D eigenvalue weighted by Crippen LogP contribution is 2.20. The molecule has 1 amide bonds. The molecule has 2 aromatic rings. The monoisotopic (exact) mass is 292 g/mol. The predicted molar refractivity (Wildman–Crippen MR) is 80.4 cm³/mol. The molecular weight excluding hydrogens is 276 g/mol. The van der Waals surface area contributed by atoms with Crippen LogP contribution in [0.4, 0.5) is 5.69 Å². The van der Waals surface area contributed by atoms with Crippen molar-refractivity contribution in [1.82, 2.24) is 5.32 Å². The van der Waals surface area contributed by atoms with E-state index < -0.39 is 0 Å². The van der Waals surface area contributed by atoms with Crippen molar-refractivity contribution in [2.45, 2.75) is 13.3 Å². The van der Waals surface area contributed by atoms with Gasteiger partial charge in [-0.05, 0) is 37.3 Å². The highest BCUT2D eigenvalue weighted by atomic mass is 35.5. The van der Waals surface area contributed by atoms with Gasteiger partial charge in [0.05, 0.1) is 11.8 Å². The number of anilines is 1. The van der Waals surface area contributed by atoms with Crippen LogP contribution in [-0.2, 0) is 6.42 Å². The summed E-state index contributed by atoms with van der Waals surface area (Å²) in [6.07, 6.45) is 2.28. The van der Waals surface area contributed by atoms with Crippen LogP contribution < -0.4 is 10.6 Å². The van der Waals surface area contributed by atoms with Crippen LogP contribution in [0.3, 0.4) is 0 Å². The van der Waals surface area contributed by atoms with Gasteiger partial charge in [0.25, 0.3) is 5.91 Å². The lowest BCUT2D eigenvalue weighted by atomic mass is 10.1. The summed E-state index contributed by atoms with van der Waals surface area (Å²) < 4.78 is 5.22. The van der Waals surface area contributed by atoms with E-state index in [1.807, 2.05) is 25.1 Å². The van der Waals surface area contributed by atoms with Crippen molar-refractivity contribution in [3.05, 3.63) is 52.9 Å². The van der Waals surface area contributed by atoms with Crippen molar-refractivity contribution in [3.8, 4) is 0 Å². The Hall–Kier alpha value is -1.94. The van der Waals surface area contributed by atoms with Gasteiger partial charge >= 0.3 is 0 Å². The molecule has 0 fully saturated rings. The standard InChI is InChI=1S/C15H17ClN2O2/c1-2-17-14-6-5-11(16)10-13(14)15(19)18-8-7-12-4-3-9-20-12/h3-6,9-10,17H,2,7-8H2,1H3,(H,18,19). The Morgan fingerprint density at radius 1 is 1.35 bits per heavy atom. The summed E-state index contributed by atoms with van der Waals surface area (Å²) in [5, 5.41) is 6.56. The van der Waals surface area contributed by atoms with E-state index >= 15 is 0 Å². The molecule has 0 spiro atoms. The Bertz CT molecular complexity index is 567. The minimum Gasteiger partial charge on any atom is -0.469 e. The third-order valence-electron chi connectivity index (χ3n) is 2.83. The minimum absolute atomic E-state index is 0.144. The maximum atomic E-state index is 12.2. The molecule has 0 aliphatic heterocycles. The van der Waals surface area contributed by atoms with Crippen molar-refractivity contribution in [3.63, 3.8) is 0 Å². The first-order valence-corrected chi connectivity index (χ1v) is 6.92. The summed E-state index contributed by atoms with van der Waals surface area (Å²) in [6.45, 7) is 3.24. The molecule has 2 rings (SSSR count). The van der Waals surface area contributed by atoms with E-state index in [4.69, 9.17) is 16.0 Å². The molecule has 2 N–H and O–H groups in total. The molecule has 4 nitrogen and oxygen atoms in total. The van der Waals surface area contributed by atoms with E-state index in [0.717, 1.165) is 18.0 Å². The van der Waals surface area contributed by atoms with E-state index in [2.05, 4.69) is 10.6 Å². The first-order chi connectivity index (χ1) is 9.70. The molecule has 1 heterocycles. The molecule has 0 aliphatic carbocycles. The van der Waals surface area contributed by atoms with Crippen LogP contribution >= 0.6 is 11.6 Å². The first kappa shape index (κ1) is 14.5. The van der Waals surface area contributed by atoms with Gasteiger partial charge in [0.15, 0.2) is 0 Å². The largest absolute Gasteiger partial charge is 0.469 e. The van der Waals surface area contributed by atoms with Gasteiger partial charge in [0, 0.05) is 30.2 Å². The van der Waals surface area contributed by atoms with Gasteiger partial charge in [-0.15, -0.1) is 0 Å². The molecule has 0 atom stereocenters. The van der Waals surface area contributed by atoms with Crippen molar-refractivity contribution in [2.24, 2.45) is 0 Å². The van der Waals surface area contributed by atoms with Crippen LogP contribution in [0, 0.1) is 0 Å². The topological polar surface area (TPSA) is 54.3 Å². The Morgan fingerprint density at radius 3 is 2.90 bits per heavy atom. The number of benzene rings is 1. The number of furan rings is 1. The van der Waals surface area contributed by atoms with E-state index in [-0.39, 0.29) is 5.91 Å². The number of hydrogen-bond acceptors (Lipinski definition) is 3. The van der Waals surface area contributed by atoms with Crippen molar-refractivity contribution in [2.75, 3.05) is 18.4 Å². The van der Waals surface area contributed by atoms with Gasteiger partial charge in [-0.25, -0.2) is 0 Å². The van der Waals surface area contributed by atoms with Crippen molar-refractivity contribution >= 4 is 23.2 Å². The lowest BCUT2D eigenvalue weighted by Crippen LogP contribution is -2.26. The molecule has 0 unspecified atom stereocenters. The second-order valence-electron chi connectivity index (χ2n) is 4.31. The van der Waals surface area contributed by atoms with Crippen LogP contribution in [-0.4, -0.2) is 19.0 Å². The number of amides is 1. The molecular formula is C15H17ClN2O2. The Labute approximate surface area is 123 Å². The van der Waals surface area contributed by atoms with Gasteiger partial charge in [-0.3, -0.25) is 4.79 Å². The van der Waals surface area contributed by atoms with E-state index in [1.165, 1.54) is 0 Å². The maximum Gasteiger partial charge on any atom is 0.253 e. The normalized spacial score (nSPS) is 10.3. The minimum atomic E-state index is -0.144. The summed E-state index contributed by atoms with van der Waals surface area (Å²) in [7, 11) is 0. The summed E-state index contributed by atoms with van der Waals surface area (Å²) >= 11 is 5.95. The van der Waals surface area contributed by atoms with Crippen molar-refractivity contribution in [1.29, 1.82) is 0 Å². The molecule has 0 saturated carbocycles. The van der Waals surface area contributed by atoms with Gasteiger partial charge in [0.2, 0.25) is 0 Å². The molecule has 0 aliphatic rings. The molecule has 1 aromatic carbocycles. The van der Waals surface area contributed by atoms with E-state index in [9.17, 15) is 4.79 Å². The van der Waals surface area contributed by atoms with Crippen LogP contribution in [0.5, 0.6) is 0 Å². The summed E-state index contributed by atoms with van der Waals surface area (Å²) in [5.74, 6) is 0.707. The number of rotatable bonds is 6. The lowest BCUT2D eigenvalue weighted by Gasteiger charge is -2.11. The molecule has 0 bridgehead atoms. The van der Waals surface area contributed by atoms with Gasteiger partial charge < -0.3 is 15.1 Å². The molecule has 0 radical (unpaired) electrons. The second kappa shape index (κ2) is 7.01. The zero-order valence-electron chi connectivity index (χ0n) is 11.3. The zero-order valence-corrected chi connectivity index (χ0v) is 12.0. The van der Waals surface area contributed by atoms with Gasteiger partial charge in [-0.1, -0.05) is 11.6 Å². The zero-order chi connectivity index (χ0) is 14.4. The predicted octanol–water partition coefficient (Wildman–Crippen LogP) is 3.34. The fourth-order valence-corrected chi connectivity index (χ4v) is 2.07. The van der Waals surface area contributed by atoms with E-state index in [0.29, 0.717) is 23.6 Å². The summed E-state index contributed by atoms with van der Waals surface area (Å²) in [6, 6.07) is 8.96. The number of carbonyl (C=O) groups excluding carboxylic acids is 1. The van der Waals surface area contributed by atoms with Gasteiger partial charge in [-0.2, -0.15) is 0 Å². The quantitative estimate of drug-likeness (QED) is 0.858. The molecule has 20 heavy (non-hydrogen) atoms. The van der Waals surface area contributed by atoms with Crippen LogP contribution in [0.15, 0.2) is 41.0 Å². The number of nitrogens with one attached hydrogen (secondary N) is 2. The average Bonchev–Trinajstić information content (AvgIpc) is 2.94. The highest BCUT2D eigenvalue weighted by Gasteiger charge is 2.11. The third-order valence-corrected chi connectivity index (χ3v) is 3.07. The molecule has 106 valence electrons. The van der Waals surface area contributed by atoms with E-state index in [1.54, 1.807) is 18.4 Å². The Balaban J connectivity index is 1.99. The first-order valence-electron chi connectivity index (χ1n) is 6.54. The third kappa shape index (κ3) is 3.78. The summed E-state index contributed by atoms with van der Waals surface area (Å²) in [5.41, 5.74) is 1.34. The molecule has 1 aromatic heterocycles. The fraction of sp³-hybridized carbons (Fsp3) is 0.267. The molecule has 0 saturated heterocycles. The number of carbonyl (C=O) groups is 1. The highest BCUT2D eigenvalue weighted by molar-refractivity contribution is 6.31. The average molecular weight is 293 g/mol. The van der Waals surface area contributed by atoms with Crippen LogP contribution in [0.2, 0.25) is 5.02 Å². The maximum absolute atomic E-state index is 12.2. The SMILES string of the molecule is CCNc1ccc(Cl)cc1C(=O)NCCc1ccco1. The number of hydrogen-bond donors (Lipinski definition) is 2. The van der Waals surface area contributed by atoms with Crippen LogP contribution in [0.1, 0.15) is 23.0 Å². The molecule has 5 heteroatoms. The Morgan fingerprint density at radius 2 is 2.20 bits per heavy atom. The van der Waals surface area contributed by atoms with Crippen LogP contribution in [0.25, 0.3) is 0 Å². The smallest absolute Gasteiger partial charge is 0.253 e. The lowest BCUT2D eigenvalue weighted by molar-refractivity contribution is 0.0954. The Kier molecular flexibility index (Phi) is 5.07. The number of halogens is 1. The second-order valence-corrected chi connectivity index (χ2v) is 4.74. The van der Waals surface area contributed by atoms with Crippen molar-refractivity contribution < 1.29 is 9.21 Å². The fourth-order valence-electron chi connectivity index (χ4n) is 1.90. The van der Waals surface area contributed by atoms with Gasteiger partial charge in [0.1, 0.15) is 5.76 Å².